The lowest BCUT2D eigenvalue weighted by Gasteiger charge is -2.41. The van der Waals surface area contributed by atoms with Crippen LogP contribution in [0.3, 0.4) is 0 Å². The molecule has 6 heteroatoms. The molecule has 0 aromatic carbocycles. The number of rotatable bonds is 6. The predicted molar refractivity (Wildman–Crippen MR) is 75.5 cm³/mol. The molecule has 1 aromatic rings. The van der Waals surface area contributed by atoms with Gasteiger partial charge in [-0.15, -0.1) is 0 Å². The quantitative estimate of drug-likeness (QED) is 0.775. The minimum atomic E-state index is -0.436. The summed E-state index contributed by atoms with van der Waals surface area (Å²) >= 11 is 0. The molecule has 0 amide bonds. The second kappa shape index (κ2) is 6.45. The second-order valence-corrected chi connectivity index (χ2v) is 5.32. The van der Waals surface area contributed by atoms with Crippen LogP contribution in [0.1, 0.15) is 33.0 Å². The molecule has 20 heavy (non-hydrogen) atoms. The minimum Gasteiger partial charge on any atom is -0.379 e. The normalized spacial score (nSPS) is 19.8. The highest BCUT2D eigenvalue weighted by Gasteiger charge is 2.38. The number of hydrogen-bond donors (Lipinski definition) is 0. The molecule has 1 saturated heterocycles. The highest BCUT2D eigenvalue weighted by Crippen LogP contribution is 2.23. The van der Waals surface area contributed by atoms with Crippen LogP contribution in [0, 0.1) is 0 Å². The van der Waals surface area contributed by atoms with Gasteiger partial charge in [0.2, 0.25) is 0 Å². The molecular formula is C14H24N4O2. The number of carbonyl (C=O) groups excluding carboxylic acids is 1. The average Bonchev–Trinajstić information content (AvgIpc) is 2.94. The van der Waals surface area contributed by atoms with Gasteiger partial charge in [-0.1, -0.05) is 6.92 Å². The van der Waals surface area contributed by atoms with Gasteiger partial charge in [-0.3, -0.25) is 9.69 Å². The van der Waals surface area contributed by atoms with Gasteiger partial charge in [0.1, 0.15) is 12.2 Å². The first-order valence-corrected chi connectivity index (χ1v) is 7.34. The molecule has 1 fully saturated rings. The summed E-state index contributed by atoms with van der Waals surface area (Å²) in [7, 11) is 0. The van der Waals surface area contributed by atoms with Gasteiger partial charge in [-0.05, 0) is 20.3 Å². The van der Waals surface area contributed by atoms with Crippen LogP contribution in [0.5, 0.6) is 0 Å². The first-order valence-electron chi connectivity index (χ1n) is 7.34. The lowest BCUT2D eigenvalue weighted by molar-refractivity contribution is -0.133. The zero-order chi connectivity index (χ0) is 14.6. The Morgan fingerprint density at radius 2 is 2.10 bits per heavy atom. The molecule has 0 radical (unpaired) electrons. The summed E-state index contributed by atoms with van der Waals surface area (Å²) in [4.78, 5) is 19.2. The van der Waals surface area contributed by atoms with E-state index in [4.69, 9.17) is 4.74 Å². The van der Waals surface area contributed by atoms with Crippen LogP contribution < -0.4 is 0 Å². The molecule has 0 N–H and O–H groups in total. The van der Waals surface area contributed by atoms with Crippen LogP contribution >= 0.6 is 0 Å². The largest absolute Gasteiger partial charge is 0.379 e. The van der Waals surface area contributed by atoms with Crippen LogP contribution in [0.4, 0.5) is 0 Å². The van der Waals surface area contributed by atoms with Crippen molar-refractivity contribution in [3.63, 3.8) is 0 Å². The summed E-state index contributed by atoms with van der Waals surface area (Å²) in [6.45, 7) is 9.88. The Morgan fingerprint density at radius 3 is 2.70 bits per heavy atom. The number of morpholine rings is 1. The molecule has 1 aliphatic rings. The third-order valence-corrected chi connectivity index (χ3v) is 4.31. The van der Waals surface area contributed by atoms with Crippen molar-refractivity contribution in [3.8, 4) is 0 Å². The molecule has 0 spiro atoms. The highest BCUT2D eigenvalue weighted by molar-refractivity contribution is 5.89. The van der Waals surface area contributed by atoms with Crippen LogP contribution in [0.15, 0.2) is 6.33 Å². The first kappa shape index (κ1) is 15.1. The molecular weight excluding hydrogens is 256 g/mol. The molecule has 0 bridgehead atoms. The summed E-state index contributed by atoms with van der Waals surface area (Å²) in [5.74, 6) is 0.968. The Hall–Kier alpha value is -1.27. The van der Waals surface area contributed by atoms with Crippen molar-refractivity contribution in [2.24, 2.45) is 0 Å². The fourth-order valence-corrected chi connectivity index (χ4v) is 2.68. The lowest BCUT2D eigenvalue weighted by Crippen LogP contribution is -2.56. The molecule has 6 nitrogen and oxygen atoms in total. The Balaban J connectivity index is 2.11. The maximum atomic E-state index is 12.8. The average molecular weight is 280 g/mol. The van der Waals surface area contributed by atoms with Crippen molar-refractivity contribution >= 4 is 5.78 Å². The third-order valence-electron chi connectivity index (χ3n) is 4.31. The van der Waals surface area contributed by atoms with Gasteiger partial charge in [0, 0.05) is 19.6 Å². The minimum absolute atomic E-state index is 0.213. The predicted octanol–water partition coefficient (Wildman–Crippen LogP) is 0.910. The molecule has 1 unspecified atom stereocenters. The van der Waals surface area contributed by atoms with Crippen molar-refractivity contribution in [1.82, 2.24) is 19.7 Å². The van der Waals surface area contributed by atoms with Crippen molar-refractivity contribution in [1.29, 1.82) is 0 Å². The van der Waals surface area contributed by atoms with Crippen LogP contribution in [0.2, 0.25) is 0 Å². The zero-order valence-electron chi connectivity index (χ0n) is 12.6. The summed E-state index contributed by atoms with van der Waals surface area (Å²) in [6, 6.07) is 0. The highest BCUT2D eigenvalue weighted by atomic mass is 16.5. The summed E-state index contributed by atoms with van der Waals surface area (Å²) in [5, 5.41) is 4.13. The van der Waals surface area contributed by atoms with Crippen LogP contribution in [0.25, 0.3) is 0 Å². The van der Waals surface area contributed by atoms with Gasteiger partial charge in [-0.2, -0.15) is 5.10 Å². The Labute approximate surface area is 120 Å². The standard InChI is InChI=1S/C14H24N4O2/c1-4-14(3,17-6-8-20-9-7-17)12(19)10-13-15-11-16-18(13)5-2/h11H,4-10H2,1-3H3. The van der Waals surface area contributed by atoms with Crippen molar-refractivity contribution in [2.75, 3.05) is 26.3 Å². The van der Waals surface area contributed by atoms with Crippen molar-refractivity contribution < 1.29 is 9.53 Å². The van der Waals surface area contributed by atoms with E-state index in [1.54, 1.807) is 4.68 Å². The van der Waals surface area contributed by atoms with Crippen LogP contribution in [-0.4, -0.2) is 57.3 Å². The molecule has 1 aromatic heterocycles. The van der Waals surface area contributed by atoms with E-state index in [-0.39, 0.29) is 5.78 Å². The van der Waals surface area contributed by atoms with Gasteiger partial charge >= 0.3 is 0 Å². The SMILES string of the molecule is CCn1ncnc1CC(=O)C(C)(CC)N1CCOCC1. The molecule has 0 aliphatic carbocycles. The monoisotopic (exact) mass is 280 g/mol. The number of aryl methyl sites for hydroxylation is 1. The fourth-order valence-electron chi connectivity index (χ4n) is 2.68. The van der Waals surface area contributed by atoms with E-state index in [0.29, 0.717) is 19.6 Å². The second-order valence-electron chi connectivity index (χ2n) is 5.32. The molecule has 0 saturated carbocycles. The van der Waals surface area contributed by atoms with Gasteiger partial charge in [0.05, 0.1) is 25.2 Å². The van der Waals surface area contributed by atoms with E-state index < -0.39 is 5.54 Å². The number of ketones is 1. The van der Waals surface area contributed by atoms with E-state index in [1.165, 1.54) is 6.33 Å². The lowest BCUT2D eigenvalue weighted by atomic mass is 9.88. The van der Waals surface area contributed by atoms with Crippen molar-refractivity contribution in [3.05, 3.63) is 12.2 Å². The summed E-state index contributed by atoms with van der Waals surface area (Å²) < 4.78 is 7.17. The Morgan fingerprint density at radius 1 is 1.40 bits per heavy atom. The van der Waals surface area contributed by atoms with Crippen molar-refractivity contribution in [2.45, 2.75) is 45.7 Å². The van der Waals surface area contributed by atoms with E-state index >= 15 is 0 Å². The molecule has 2 rings (SSSR count). The number of hydrogen-bond acceptors (Lipinski definition) is 5. The maximum absolute atomic E-state index is 12.8. The van der Waals surface area contributed by atoms with E-state index in [1.807, 2.05) is 13.8 Å². The third kappa shape index (κ3) is 2.91. The zero-order valence-corrected chi connectivity index (χ0v) is 12.6. The van der Waals surface area contributed by atoms with Gasteiger partial charge in [0.15, 0.2) is 5.78 Å². The number of carbonyl (C=O) groups is 1. The molecule has 1 aliphatic heterocycles. The van der Waals surface area contributed by atoms with Gasteiger partial charge in [-0.25, -0.2) is 9.67 Å². The summed E-state index contributed by atoms with van der Waals surface area (Å²) in [6.07, 6.45) is 2.66. The number of ether oxygens (including phenoxy) is 1. The molecule has 112 valence electrons. The van der Waals surface area contributed by atoms with E-state index in [0.717, 1.165) is 31.9 Å². The Kier molecular flexibility index (Phi) is 4.88. The molecule has 2 heterocycles. The topological polar surface area (TPSA) is 60.2 Å². The van der Waals surface area contributed by atoms with Crippen LogP contribution in [-0.2, 0) is 22.5 Å². The number of aromatic nitrogens is 3. The van der Waals surface area contributed by atoms with Gasteiger partial charge < -0.3 is 4.74 Å². The van der Waals surface area contributed by atoms with Gasteiger partial charge in [0.25, 0.3) is 0 Å². The smallest absolute Gasteiger partial charge is 0.160 e. The fraction of sp³-hybridized carbons (Fsp3) is 0.786. The summed E-state index contributed by atoms with van der Waals surface area (Å²) in [5.41, 5.74) is -0.436. The number of Topliss-reactive ketones (excluding diaryl/α,β-unsaturated/α-hetero) is 1. The Bertz CT molecular complexity index is 454. The van der Waals surface area contributed by atoms with E-state index in [9.17, 15) is 4.79 Å². The maximum Gasteiger partial charge on any atom is 0.160 e. The molecule has 1 atom stereocenters. The first-order chi connectivity index (χ1) is 9.61. The number of nitrogens with zero attached hydrogens (tertiary/aromatic N) is 4. The van der Waals surface area contributed by atoms with E-state index in [2.05, 4.69) is 21.9 Å².